The number of amides is 1. The summed E-state index contributed by atoms with van der Waals surface area (Å²) in [6, 6.07) is 14.2. The minimum atomic E-state index is 0.0402. The fraction of sp³-hybridized carbons (Fsp3) is 0.409. The summed E-state index contributed by atoms with van der Waals surface area (Å²) in [6.07, 6.45) is 2.93. The second-order valence-electron chi connectivity index (χ2n) is 7.70. The number of para-hydroxylation sites is 1. The van der Waals surface area contributed by atoms with Crippen molar-refractivity contribution >= 4 is 34.8 Å². The first-order valence-electron chi connectivity index (χ1n) is 9.60. The molecule has 0 saturated carbocycles. The number of fused-ring (bicyclic) bond motifs is 1. The monoisotopic (exact) mass is 402 g/mol. The number of hydrogen-bond donors (Lipinski definition) is 0. The molecule has 27 heavy (non-hydrogen) atoms. The maximum atomic E-state index is 13.3. The summed E-state index contributed by atoms with van der Waals surface area (Å²) in [4.78, 5) is 17.7. The first-order chi connectivity index (χ1) is 13.0. The molecule has 2 aliphatic rings. The molecule has 1 saturated heterocycles. The number of benzene rings is 2. The van der Waals surface area contributed by atoms with Gasteiger partial charge in [0.2, 0.25) is 5.91 Å². The van der Waals surface area contributed by atoms with Gasteiger partial charge in [-0.05, 0) is 62.1 Å². The second-order valence-corrected chi connectivity index (χ2v) is 8.54. The summed E-state index contributed by atoms with van der Waals surface area (Å²) in [5.74, 6) is 0.304. The third kappa shape index (κ3) is 3.87. The summed E-state index contributed by atoms with van der Waals surface area (Å²) >= 11 is 12.3. The number of hydrogen-bond acceptors (Lipinski definition) is 2. The zero-order valence-corrected chi connectivity index (χ0v) is 17.0. The molecule has 4 rings (SSSR count). The largest absolute Gasteiger partial charge is 0.309 e. The first kappa shape index (κ1) is 18.8. The van der Waals surface area contributed by atoms with Gasteiger partial charge in [-0.25, -0.2) is 0 Å². The van der Waals surface area contributed by atoms with Crippen LogP contribution in [0.2, 0.25) is 10.0 Å². The molecular weight excluding hydrogens is 379 g/mol. The number of halogens is 2. The lowest BCUT2D eigenvalue weighted by Crippen LogP contribution is -2.46. The third-order valence-electron chi connectivity index (χ3n) is 5.71. The number of carbonyl (C=O) groups is 1. The molecule has 2 aromatic rings. The van der Waals surface area contributed by atoms with Crippen molar-refractivity contribution in [1.82, 2.24) is 4.90 Å². The van der Waals surface area contributed by atoms with Gasteiger partial charge in [-0.2, -0.15) is 0 Å². The van der Waals surface area contributed by atoms with E-state index in [0.717, 1.165) is 50.1 Å². The van der Waals surface area contributed by atoms with Gasteiger partial charge in [0, 0.05) is 34.9 Å². The van der Waals surface area contributed by atoms with Crippen molar-refractivity contribution in [3.05, 3.63) is 63.6 Å². The van der Waals surface area contributed by atoms with E-state index in [-0.39, 0.29) is 17.9 Å². The highest BCUT2D eigenvalue weighted by Crippen LogP contribution is 2.34. The van der Waals surface area contributed by atoms with Gasteiger partial charge in [0.25, 0.3) is 0 Å². The van der Waals surface area contributed by atoms with Crippen molar-refractivity contribution in [3.63, 3.8) is 0 Å². The van der Waals surface area contributed by atoms with Crippen LogP contribution in [0.3, 0.4) is 0 Å². The normalized spacial score (nSPS) is 22.7. The molecule has 2 heterocycles. The molecule has 0 aliphatic carbocycles. The molecule has 1 fully saturated rings. The zero-order chi connectivity index (χ0) is 19.0. The summed E-state index contributed by atoms with van der Waals surface area (Å²) < 4.78 is 0. The molecular formula is C22H24Cl2N2O. The van der Waals surface area contributed by atoms with Gasteiger partial charge in [-0.3, -0.25) is 9.69 Å². The molecule has 0 unspecified atom stereocenters. The van der Waals surface area contributed by atoms with Crippen molar-refractivity contribution < 1.29 is 4.79 Å². The maximum absolute atomic E-state index is 13.3. The van der Waals surface area contributed by atoms with Gasteiger partial charge in [0.05, 0.1) is 5.92 Å². The van der Waals surface area contributed by atoms with Gasteiger partial charge < -0.3 is 4.90 Å². The van der Waals surface area contributed by atoms with E-state index in [1.54, 1.807) is 6.07 Å². The molecule has 3 nitrogen and oxygen atoms in total. The lowest BCUT2D eigenvalue weighted by molar-refractivity contribution is -0.124. The highest BCUT2D eigenvalue weighted by molar-refractivity contribution is 6.35. The SMILES string of the molecule is C[C@H]1Cc2ccccc2N1C(=O)[C@@H]1CCCN(Cc2ccc(Cl)cc2Cl)C1. The number of nitrogens with zero attached hydrogens (tertiary/aromatic N) is 2. The van der Waals surface area contributed by atoms with Gasteiger partial charge >= 0.3 is 0 Å². The highest BCUT2D eigenvalue weighted by atomic mass is 35.5. The van der Waals surface area contributed by atoms with E-state index in [0.29, 0.717) is 10.0 Å². The van der Waals surface area contributed by atoms with Gasteiger partial charge in [-0.15, -0.1) is 0 Å². The Morgan fingerprint density at radius 1 is 1.19 bits per heavy atom. The average molecular weight is 403 g/mol. The van der Waals surface area contributed by atoms with E-state index in [1.807, 2.05) is 23.1 Å². The summed E-state index contributed by atoms with van der Waals surface area (Å²) in [5.41, 5.74) is 3.43. The molecule has 0 bridgehead atoms. The smallest absolute Gasteiger partial charge is 0.231 e. The first-order valence-corrected chi connectivity index (χ1v) is 10.4. The number of likely N-dealkylation sites (tertiary alicyclic amines) is 1. The van der Waals surface area contributed by atoms with E-state index < -0.39 is 0 Å². The van der Waals surface area contributed by atoms with Crippen LogP contribution in [0.4, 0.5) is 5.69 Å². The van der Waals surface area contributed by atoms with Crippen LogP contribution in [0.15, 0.2) is 42.5 Å². The van der Waals surface area contributed by atoms with E-state index in [9.17, 15) is 4.79 Å². The zero-order valence-electron chi connectivity index (χ0n) is 15.5. The molecule has 0 N–H and O–H groups in total. The molecule has 0 spiro atoms. The lowest BCUT2D eigenvalue weighted by Gasteiger charge is -2.35. The highest BCUT2D eigenvalue weighted by Gasteiger charge is 2.36. The predicted molar refractivity (Wildman–Crippen MR) is 112 cm³/mol. The Morgan fingerprint density at radius 3 is 2.81 bits per heavy atom. The minimum Gasteiger partial charge on any atom is -0.309 e. The van der Waals surface area contributed by atoms with Crippen LogP contribution in [0, 0.1) is 5.92 Å². The summed E-state index contributed by atoms with van der Waals surface area (Å²) in [7, 11) is 0. The molecule has 0 radical (unpaired) electrons. The van der Waals surface area contributed by atoms with Crippen molar-refractivity contribution in [1.29, 1.82) is 0 Å². The molecule has 2 aliphatic heterocycles. The van der Waals surface area contributed by atoms with Crippen LogP contribution < -0.4 is 4.90 Å². The average Bonchev–Trinajstić information content (AvgIpc) is 2.99. The van der Waals surface area contributed by atoms with Gasteiger partial charge in [-0.1, -0.05) is 47.5 Å². The Labute approximate surface area is 170 Å². The Morgan fingerprint density at radius 2 is 2.00 bits per heavy atom. The molecule has 0 aromatic heterocycles. The number of carbonyl (C=O) groups excluding carboxylic acids is 1. The second kappa shape index (κ2) is 7.83. The quantitative estimate of drug-likeness (QED) is 0.705. The van der Waals surface area contributed by atoms with Gasteiger partial charge in [0.15, 0.2) is 0 Å². The lowest BCUT2D eigenvalue weighted by atomic mass is 9.95. The van der Waals surface area contributed by atoms with Crippen LogP contribution in [0.1, 0.15) is 30.9 Å². The number of rotatable bonds is 3. The van der Waals surface area contributed by atoms with Crippen molar-refractivity contribution in [2.45, 2.75) is 38.8 Å². The minimum absolute atomic E-state index is 0.0402. The van der Waals surface area contributed by atoms with E-state index in [2.05, 4.69) is 30.0 Å². The van der Waals surface area contributed by atoms with Crippen LogP contribution in [-0.4, -0.2) is 29.9 Å². The topological polar surface area (TPSA) is 23.6 Å². The van der Waals surface area contributed by atoms with Crippen molar-refractivity contribution in [2.75, 3.05) is 18.0 Å². The molecule has 142 valence electrons. The number of piperidine rings is 1. The molecule has 2 atom stereocenters. The summed E-state index contributed by atoms with van der Waals surface area (Å²) in [5, 5.41) is 1.34. The van der Waals surface area contributed by atoms with E-state index >= 15 is 0 Å². The Kier molecular flexibility index (Phi) is 5.45. The number of anilines is 1. The van der Waals surface area contributed by atoms with Gasteiger partial charge in [0.1, 0.15) is 0 Å². The Hall–Kier alpha value is -1.55. The molecule has 2 aromatic carbocycles. The third-order valence-corrected chi connectivity index (χ3v) is 6.30. The van der Waals surface area contributed by atoms with Crippen molar-refractivity contribution in [3.8, 4) is 0 Å². The Balaban J connectivity index is 1.47. The van der Waals surface area contributed by atoms with E-state index in [1.165, 1.54) is 5.56 Å². The van der Waals surface area contributed by atoms with Crippen LogP contribution in [0.5, 0.6) is 0 Å². The summed E-state index contributed by atoms with van der Waals surface area (Å²) in [6.45, 7) is 4.68. The van der Waals surface area contributed by atoms with Crippen molar-refractivity contribution in [2.24, 2.45) is 5.92 Å². The molecule has 5 heteroatoms. The molecule has 1 amide bonds. The maximum Gasteiger partial charge on any atom is 0.231 e. The predicted octanol–water partition coefficient (Wildman–Crippen LogP) is 5.18. The standard InChI is InChI=1S/C22H24Cl2N2O/c1-15-11-16-5-2-3-7-21(16)26(15)22(27)18-6-4-10-25(14-18)13-17-8-9-19(23)12-20(17)24/h2-3,5,7-9,12,15,18H,4,6,10-11,13-14H2,1H3/t15-,18+/m0/s1. The fourth-order valence-corrected chi connectivity index (χ4v) is 4.86. The van der Waals surface area contributed by atoms with Crippen LogP contribution >= 0.6 is 23.2 Å². The Bertz CT molecular complexity index is 854. The van der Waals surface area contributed by atoms with E-state index in [4.69, 9.17) is 23.2 Å². The fourth-order valence-electron chi connectivity index (χ4n) is 4.39. The van der Waals surface area contributed by atoms with Crippen LogP contribution in [0.25, 0.3) is 0 Å². The van der Waals surface area contributed by atoms with Crippen LogP contribution in [-0.2, 0) is 17.8 Å².